The summed E-state index contributed by atoms with van der Waals surface area (Å²) in [6.45, 7) is 6.83. The van der Waals surface area contributed by atoms with Gasteiger partial charge in [0.05, 0.1) is 16.8 Å². The molecule has 0 fully saturated rings. The summed E-state index contributed by atoms with van der Waals surface area (Å²) in [5.74, 6) is -0.437. The number of hydrogen-bond acceptors (Lipinski definition) is 12. The van der Waals surface area contributed by atoms with Gasteiger partial charge >= 0.3 is 0 Å². The summed E-state index contributed by atoms with van der Waals surface area (Å²) >= 11 is -1.70. The number of phenols is 1. The average Bonchev–Trinajstić information content (AvgIpc) is 3.00. The lowest BCUT2D eigenvalue weighted by atomic mass is 10.0. The van der Waals surface area contributed by atoms with Gasteiger partial charge < -0.3 is 15.0 Å². The fraction of sp³-hybridized carbons (Fsp3) is 0.143. The van der Waals surface area contributed by atoms with Crippen LogP contribution in [0.25, 0.3) is 10.8 Å². The van der Waals surface area contributed by atoms with E-state index >= 15 is 0 Å². The fourth-order valence-electron chi connectivity index (χ4n) is 4.11. The van der Waals surface area contributed by atoms with Crippen molar-refractivity contribution in [2.24, 2.45) is 20.5 Å². The van der Waals surface area contributed by atoms with Crippen LogP contribution in [0.5, 0.6) is 11.5 Å². The molecule has 4 rings (SSSR count). The molecule has 1 unspecified atom stereocenters. The maximum atomic E-state index is 13.0. The second-order valence-electron chi connectivity index (χ2n) is 9.39. The summed E-state index contributed by atoms with van der Waals surface area (Å²) in [5, 5.41) is 28.7. The maximum Gasteiger partial charge on any atom is 0.296 e. The number of benzene rings is 4. The van der Waals surface area contributed by atoms with Gasteiger partial charge in [0.1, 0.15) is 32.6 Å². The van der Waals surface area contributed by atoms with E-state index in [0.717, 1.165) is 15.8 Å². The molecule has 17 heteroatoms. The van der Waals surface area contributed by atoms with Crippen LogP contribution in [-0.2, 0) is 31.2 Å². The van der Waals surface area contributed by atoms with Crippen molar-refractivity contribution in [3.8, 4) is 11.5 Å². The number of aromatic hydroxyl groups is 1. The summed E-state index contributed by atoms with van der Waals surface area (Å²) in [6.07, 6.45) is 0. The third kappa shape index (κ3) is 7.07. The number of nitrogen functional groups attached to an aromatic ring is 1. The number of sulfonamides is 1. The van der Waals surface area contributed by atoms with Crippen LogP contribution in [0, 0.1) is 6.92 Å². The van der Waals surface area contributed by atoms with Crippen molar-refractivity contribution in [3.63, 3.8) is 0 Å². The summed E-state index contributed by atoms with van der Waals surface area (Å²) in [5.41, 5.74) is 6.48. The lowest BCUT2D eigenvalue weighted by Crippen LogP contribution is -2.26. The minimum Gasteiger partial charge on any atom is -0.505 e. The number of nitrogens with two attached hydrogens (primary N) is 1. The Morgan fingerprint density at radius 2 is 1.62 bits per heavy atom. The number of azo groups is 2. The van der Waals surface area contributed by atoms with Gasteiger partial charge in [0, 0.05) is 19.0 Å². The third-order valence-corrected chi connectivity index (χ3v) is 9.97. The van der Waals surface area contributed by atoms with Crippen molar-refractivity contribution in [1.29, 1.82) is 0 Å². The SMILES string of the molecule is C=CS(=O)Oc1ccc(N=Nc2c(C)cc3cc(S(=O)(=O)O)c(N=Nc4ccccc4S(=O)(=O)N(C)CC)c(O)c3c2N)cc1. The maximum absolute atomic E-state index is 13.0. The van der Waals surface area contributed by atoms with Gasteiger partial charge in [-0.2, -0.15) is 13.5 Å². The highest BCUT2D eigenvalue weighted by Gasteiger charge is 2.26. The molecule has 4 aromatic rings. The Hall–Kier alpha value is -4.55. The van der Waals surface area contributed by atoms with Gasteiger partial charge in [-0.15, -0.1) is 15.3 Å². The molecule has 0 saturated heterocycles. The van der Waals surface area contributed by atoms with Gasteiger partial charge in [0.15, 0.2) is 5.75 Å². The number of phenolic OH excluding ortho intramolecular Hbond substituents is 1. The highest BCUT2D eigenvalue weighted by Crippen LogP contribution is 2.47. The molecule has 0 spiro atoms. The molecule has 0 aromatic heterocycles. The van der Waals surface area contributed by atoms with E-state index in [1.165, 1.54) is 49.5 Å². The number of rotatable bonds is 11. The first-order chi connectivity index (χ1) is 21.2. The number of hydrogen-bond donors (Lipinski definition) is 3. The van der Waals surface area contributed by atoms with E-state index < -0.39 is 47.6 Å². The van der Waals surface area contributed by atoms with Crippen LogP contribution in [0.4, 0.5) is 28.4 Å². The zero-order valence-corrected chi connectivity index (χ0v) is 26.6. The Bertz CT molecular complexity index is 2100. The predicted molar refractivity (Wildman–Crippen MR) is 170 cm³/mol. The first-order valence-electron chi connectivity index (χ1n) is 13.0. The lowest BCUT2D eigenvalue weighted by Gasteiger charge is -2.16. The van der Waals surface area contributed by atoms with Crippen molar-refractivity contribution >= 4 is 70.4 Å². The minimum atomic E-state index is -4.96. The summed E-state index contributed by atoms with van der Waals surface area (Å²) in [7, 11) is -7.56. The fourth-order valence-corrected chi connectivity index (χ4v) is 6.44. The second-order valence-corrected chi connectivity index (χ2v) is 13.8. The summed E-state index contributed by atoms with van der Waals surface area (Å²) < 4.78 is 78.4. The van der Waals surface area contributed by atoms with Gasteiger partial charge in [-0.3, -0.25) is 4.55 Å². The Morgan fingerprint density at radius 1 is 0.978 bits per heavy atom. The monoisotopic (exact) mass is 672 g/mol. The van der Waals surface area contributed by atoms with Crippen LogP contribution in [0.1, 0.15) is 12.5 Å². The molecule has 0 aliphatic heterocycles. The summed E-state index contributed by atoms with van der Waals surface area (Å²) in [4.78, 5) is -0.992. The molecule has 45 heavy (non-hydrogen) atoms. The van der Waals surface area contributed by atoms with Crippen LogP contribution in [0.15, 0.2) is 103 Å². The molecule has 0 bridgehead atoms. The smallest absolute Gasteiger partial charge is 0.296 e. The zero-order chi connectivity index (χ0) is 33.1. The number of aryl methyl sites for hydroxylation is 1. The van der Waals surface area contributed by atoms with E-state index in [0.29, 0.717) is 17.0 Å². The predicted octanol–water partition coefficient (Wildman–Crippen LogP) is 6.34. The molecule has 1 atom stereocenters. The first kappa shape index (κ1) is 33.3. The molecular formula is C28H28N6O8S3. The Balaban J connectivity index is 1.85. The Morgan fingerprint density at radius 3 is 2.24 bits per heavy atom. The van der Waals surface area contributed by atoms with Crippen molar-refractivity contribution in [2.45, 2.75) is 23.6 Å². The highest BCUT2D eigenvalue weighted by molar-refractivity contribution is 7.89. The molecule has 4 aromatic carbocycles. The van der Waals surface area contributed by atoms with E-state index in [2.05, 4.69) is 27.0 Å². The van der Waals surface area contributed by atoms with Crippen molar-refractivity contribution in [1.82, 2.24) is 4.31 Å². The van der Waals surface area contributed by atoms with Crippen LogP contribution in [0.2, 0.25) is 0 Å². The van der Waals surface area contributed by atoms with E-state index in [1.54, 1.807) is 26.0 Å². The number of fused-ring (bicyclic) bond motifs is 1. The molecule has 236 valence electrons. The average molecular weight is 673 g/mol. The molecule has 0 heterocycles. The van der Waals surface area contributed by atoms with E-state index in [1.807, 2.05) is 0 Å². The lowest BCUT2D eigenvalue weighted by molar-refractivity contribution is 0.472. The van der Waals surface area contributed by atoms with Gasteiger partial charge in [-0.25, -0.2) is 16.9 Å². The Kier molecular flexibility index (Phi) is 9.79. The van der Waals surface area contributed by atoms with Crippen LogP contribution < -0.4 is 9.92 Å². The van der Waals surface area contributed by atoms with E-state index in [4.69, 9.17) is 9.92 Å². The van der Waals surface area contributed by atoms with E-state index in [9.17, 15) is 30.7 Å². The number of anilines is 1. The van der Waals surface area contributed by atoms with Crippen molar-refractivity contribution in [2.75, 3.05) is 19.3 Å². The van der Waals surface area contributed by atoms with Gasteiger partial charge in [0.25, 0.3) is 10.1 Å². The standard InChI is InChI=1S/C28H28N6O8S3/c1-5-34(4)44(37,38)22-10-8-7-9-21(22)31-33-27-23(45(39,40)41)16-18-15-17(3)26(25(29)24(18)28(27)35)32-30-19-11-13-20(14-12-19)42-43(36)6-2/h6-16,35H,2,5,29H2,1,3-4H3,(H,39,40,41). The molecule has 14 nitrogen and oxygen atoms in total. The van der Waals surface area contributed by atoms with Gasteiger partial charge in [-0.05, 0) is 66.4 Å². The topological polar surface area (TPSA) is 214 Å². The van der Waals surface area contributed by atoms with Crippen LogP contribution in [0.3, 0.4) is 0 Å². The second kappa shape index (κ2) is 13.2. The quantitative estimate of drug-likeness (QED) is 0.0919. The van der Waals surface area contributed by atoms with Crippen molar-refractivity contribution < 1.29 is 34.9 Å². The summed E-state index contributed by atoms with van der Waals surface area (Å²) in [6, 6.07) is 14.3. The molecule has 0 saturated carbocycles. The number of nitrogens with zero attached hydrogens (tertiary/aromatic N) is 5. The highest BCUT2D eigenvalue weighted by atomic mass is 32.2. The molecule has 0 amide bonds. The molecule has 4 N–H and O–H groups in total. The normalized spacial score (nSPS) is 13.2. The van der Waals surface area contributed by atoms with Crippen LogP contribution in [-0.4, -0.2) is 48.6 Å². The molecule has 0 aliphatic carbocycles. The third-order valence-electron chi connectivity index (χ3n) is 6.49. The first-order valence-corrected chi connectivity index (χ1v) is 17.0. The molecular weight excluding hydrogens is 645 g/mol. The van der Waals surface area contributed by atoms with Gasteiger partial charge in [-0.1, -0.05) is 25.6 Å². The largest absolute Gasteiger partial charge is 0.505 e. The zero-order valence-electron chi connectivity index (χ0n) is 24.1. The minimum absolute atomic E-state index is 0.0572. The molecule has 0 radical (unpaired) electrons. The van der Waals surface area contributed by atoms with Crippen molar-refractivity contribution in [3.05, 3.63) is 78.2 Å². The van der Waals surface area contributed by atoms with E-state index in [-0.39, 0.29) is 39.3 Å². The van der Waals surface area contributed by atoms with Gasteiger partial charge in [0.2, 0.25) is 21.1 Å². The van der Waals surface area contributed by atoms with Crippen LogP contribution >= 0.6 is 0 Å². The molecule has 0 aliphatic rings. The Labute approximate surface area is 262 Å².